The van der Waals surface area contributed by atoms with Crippen molar-refractivity contribution < 1.29 is 8.42 Å². The Hall–Kier alpha value is -1.27. The summed E-state index contributed by atoms with van der Waals surface area (Å²) in [6, 6.07) is 5.95. The van der Waals surface area contributed by atoms with Crippen LogP contribution in [0.3, 0.4) is 0 Å². The van der Waals surface area contributed by atoms with Gasteiger partial charge in [0, 0.05) is 17.8 Å². The number of rotatable bonds is 3. The minimum absolute atomic E-state index is 0.00357. The molecule has 2 rings (SSSR count). The van der Waals surface area contributed by atoms with E-state index < -0.39 is 10.0 Å². The van der Waals surface area contributed by atoms with Gasteiger partial charge in [-0.3, -0.25) is 0 Å². The molecule has 0 radical (unpaired) electrons. The summed E-state index contributed by atoms with van der Waals surface area (Å²) < 4.78 is 22.7. The van der Waals surface area contributed by atoms with Crippen LogP contribution in [0.1, 0.15) is 33.1 Å². The number of benzene rings is 1. The van der Waals surface area contributed by atoms with Crippen LogP contribution in [-0.2, 0) is 10.0 Å². The minimum atomic E-state index is -3.75. The molecule has 0 saturated carbocycles. The molecule has 1 aliphatic rings. The van der Waals surface area contributed by atoms with E-state index in [9.17, 15) is 8.42 Å². The molecular formula is C13H21N3O2S. The van der Waals surface area contributed by atoms with Gasteiger partial charge in [-0.1, -0.05) is 6.92 Å². The number of sulfonamides is 1. The van der Waals surface area contributed by atoms with E-state index in [0.717, 1.165) is 24.9 Å². The average Bonchev–Trinajstić information content (AvgIpc) is 2.68. The molecule has 1 aromatic carbocycles. The van der Waals surface area contributed by atoms with Crippen LogP contribution in [0.4, 0.5) is 11.4 Å². The number of hydrogen-bond donors (Lipinski definition) is 2. The lowest BCUT2D eigenvalue weighted by Crippen LogP contribution is -2.34. The van der Waals surface area contributed by atoms with Crippen molar-refractivity contribution in [2.24, 2.45) is 5.14 Å². The van der Waals surface area contributed by atoms with E-state index in [2.05, 4.69) is 18.7 Å². The molecule has 6 heteroatoms. The van der Waals surface area contributed by atoms with Crippen LogP contribution in [-0.4, -0.2) is 20.5 Å². The maximum absolute atomic E-state index is 11.4. The summed E-state index contributed by atoms with van der Waals surface area (Å²) in [4.78, 5) is 2.32. The second-order valence-corrected chi connectivity index (χ2v) is 6.69. The minimum Gasteiger partial charge on any atom is -0.398 e. The fourth-order valence-electron chi connectivity index (χ4n) is 2.89. The van der Waals surface area contributed by atoms with Gasteiger partial charge in [-0.15, -0.1) is 0 Å². The molecule has 1 heterocycles. The van der Waals surface area contributed by atoms with Crippen molar-refractivity contribution >= 4 is 21.4 Å². The second-order valence-electron chi connectivity index (χ2n) is 5.16. The average molecular weight is 283 g/mol. The summed E-state index contributed by atoms with van der Waals surface area (Å²) >= 11 is 0. The lowest BCUT2D eigenvalue weighted by atomic mass is 10.1. The highest BCUT2D eigenvalue weighted by atomic mass is 32.2. The number of nitrogen functional groups attached to an aromatic ring is 1. The third kappa shape index (κ3) is 2.69. The molecule has 1 saturated heterocycles. The van der Waals surface area contributed by atoms with Gasteiger partial charge >= 0.3 is 0 Å². The Morgan fingerprint density at radius 1 is 1.37 bits per heavy atom. The predicted molar refractivity (Wildman–Crippen MR) is 77.5 cm³/mol. The summed E-state index contributed by atoms with van der Waals surface area (Å²) in [6.45, 7) is 4.34. The molecule has 0 aromatic heterocycles. The van der Waals surface area contributed by atoms with E-state index >= 15 is 0 Å². The summed E-state index contributed by atoms with van der Waals surface area (Å²) in [5, 5.41) is 5.12. The van der Waals surface area contributed by atoms with Gasteiger partial charge in [0.15, 0.2) is 0 Å². The molecule has 19 heavy (non-hydrogen) atoms. The van der Waals surface area contributed by atoms with Crippen LogP contribution in [0.5, 0.6) is 0 Å². The van der Waals surface area contributed by atoms with Crippen LogP contribution in [0, 0.1) is 0 Å². The Morgan fingerprint density at radius 3 is 2.58 bits per heavy atom. The highest BCUT2D eigenvalue weighted by Gasteiger charge is 2.29. The third-order valence-corrected chi connectivity index (χ3v) is 4.84. The van der Waals surface area contributed by atoms with Crippen molar-refractivity contribution in [1.82, 2.24) is 0 Å². The van der Waals surface area contributed by atoms with Crippen LogP contribution in [0.25, 0.3) is 0 Å². The molecule has 0 bridgehead atoms. The SMILES string of the molecule is CCC1CCC(C)N1c1ccc(S(N)(=O)=O)c(N)c1. The first kappa shape index (κ1) is 14.1. The van der Waals surface area contributed by atoms with E-state index in [-0.39, 0.29) is 10.6 Å². The van der Waals surface area contributed by atoms with Gasteiger partial charge in [0.2, 0.25) is 10.0 Å². The summed E-state index contributed by atoms with van der Waals surface area (Å²) in [6.07, 6.45) is 3.38. The van der Waals surface area contributed by atoms with Gasteiger partial charge in [-0.05, 0) is 44.4 Å². The quantitative estimate of drug-likeness (QED) is 0.826. The topological polar surface area (TPSA) is 89.4 Å². The van der Waals surface area contributed by atoms with Crippen LogP contribution in [0.2, 0.25) is 0 Å². The fraction of sp³-hybridized carbons (Fsp3) is 0.538. The largest absolute Gasteiger partial charge is 0.398 e. The summed E-state index contributed by atoms with van der Waals surface area (Å²) in [7, 11) is -3.75. The van der Waals surface area contributed by atoms with Gasteiger partial charge < -0.3 is 10.6 Å². The van der Waals surface area contributed by atoms with Crippen LogP contribution >= 0.6 is 0 Å². The Kier molecular flexibility index (Phi) is 3.73. The number of nitrogens with zero attached hydrogens (tertiary/aromatic N) is 1. The highest BCUT2D eigenvalue weighted by molar-refractivity contribution is 7.89. The second kappa shape index (κ2) is 5.02. The van der Waals surface area contributed by atoms with Crippen molar-refractivity contribution in [3.05, 3.63) is 18.2 Å². The van der Waals surface area contributed by atoms with Gasteiger partial charge in [-0.25, -0.2) is 13.6 Å². The summed E-state index contributed by atoms with van der Waals surface area (Å²) in [5.41, 5.74) is 7.01. The van der Waals surface area contributed by atoms with Gasteiger partial charge in [0.25, 0.3) is 0 Å². The van der Waals surface area contributed by atoms with Crippen molar-refractivity contribution in [3.63, 3.8) is 0 Å². The van der Waals surface area contributed by atoms with E-state index in [1.165, 1.54) is 6.07 Å². The smallest absolute Gasteiger partial charge is 0.240 e. The lowest BCUT2D eigenvalue weighted by molar-refractivity contribution is 0.598. The lowest BCUT2D eigenvalue weighted by Gasteiger charge is -2.30. The standard InChI is InChI=1S/C13H21N3O2S/c1-3-10-5-4-9(2)16(10)11-6-7-13(12(14)8-11)19(15,17)18/h6-10H,3-5,14H2,1-2H3,(H2,15,17,18). The Labute approximate surface area is 114 Å². The molecule has 1 aromatic rings. The zero-order valence-electron chi connectivity index (χ0n) is 11.3. The van der Waals surface area contributed by atoms with Crippen LogP contribution in [0.15, 0.2) is 23.1 Å². The van der Waals surface area contributed by atoms with Gasteiger partial charge in [-0.2, -0.15) is 0 Å². The number of primary sulfonamides is 1. The number of hydrogen-bond acceptors (Lipinski definition) is 4. The first-order valence-electron chi connectivity index (χ1n) is 6.55. The molecule has 2 atom stereocenters. The zero-order chi connectivity index (χ0) is 14.2. The first-order chi connectivity index (χ1) is 8.84. The Morgan fingerprint density at radius 2 is 2.05 bits per heavy atom. The van der Waals surface area contributed by atoms with E-state index in [1.54, 1.807) is 12.1 Å². The predicted octanol–water partition coefficient (Wildman–Crippen LogP) is 1.68. The molecule has 0 spiro atoms. The molecule has 1 aliphatic heterocycles. The molecule has 106 valence electrons. The molecular weight excluding hydrogens is 262 g/mol. The van der Waals surface area contributed by atoms with Crippen molar-refractivity contribution in [3.8, 4) is 0 Å². The van der Waals surface area contributed by atoms with E-state index in [4.69, 9.17) is 10.9 Å². The van der Waals surface area contributed by atoms with Crippen molar-refractivity contribution in [2.45, 2.75) is 50.1 Å². The van der Waals surface area contributed by atoms with Gasteiger partial charge in [0.1, 0.15) is 4.90 Å². The zero-order valence-corrected chi connectivity index (χ0v) is 12.2. The highest BCUT2D eigenvalue weighted by Crippen LogP contribution is 2.34. The maximum atomic E-state index is 11.4. The molecule has 1 fully saturated rings. The van der Waals surface area contributed by atoms with Gasteiger partial charge in [0.05, 0.1) is 5.69 Å². The number of nitrogens with two attached hydrogens (primary N) is 2. The Bertz CT molecular complexity index is 571. The van der Waals surface area contributed by atoms with E-state index in [0.29, 0.717) is 12.1 Å². The fourth-order valence-corrected chi connectivity index (χ4v) is 3.54. The molecule has 4 N–H and O–H groups in total. The monoisotopic (exact) mass is 283 g/mol. The molecule has 5 nitrogen and oxygen atoms in total. The van der Waals surface area contributed by atoms with E-state index in [1.807, 2.05) is 0 Å². The third-order valence-electron chi connectivity index (χ3n) is 3.86. The summed E-state index contributed by atoms with van der Waals surface area (Å²) in [5.74, 6) is 0. The molecule has 0 amide bonds. The Balaban J connectivity index is 2.39. The number of anilines is 2. The maximum Gasteiger partial charge on any atom is 0.240 e. The van der Waals surface area contributed by atoms with Crippen LogP contribution < -0.4 is 15.8 Å². The molecule has 2 unspecified atom stereocenters. The normalized spacial score (nSPS) is 23.8. The van der Waals surface area contributed by atoms with Crippen molar-refractivity contribution in [2.75, 3.05) is 10.6 Å². The molecule has 0 aliphatic carbocycles. The first-order valence-corrected chi connectivity index (χ1v) is 8.10. The van der Waals surface area contributed by atoms with Crippen molar-refractivity contribution in [1.29, 1.82) is 0 Å².